The van der Waals surface area contributed by atoms with Crippen LogP contribution in [0.5, 0.6) is 5.75 Å². The molecule has 1 atom stereocenters. The molecule has 158 valence electrons. The Morgan fingerprint density at radius 3 is 2.42 bits per heavy atom. The van der Waals surface area contributed by atoms with Crippen molar-refractivity contribution in [1.29, 1.82) is 0 Å². The topological polar surface area (TPSA) is 58.6 Å². The number of aryl methyl sites for hydroxylation is 1. The van der Waals surface area contributed by atoms with Crippen LogP contribution in [0.4, 0.5) is 11.4 Å². The van der Waals surface area contributed by atoms with Crippen molar-refractivity contribution in [1.82, 2.24) is 0 Å². The summed E-state index contributed by atoms with van der Waals surface area (Å²) in [6.07, 6.45) is 0. The van der Waals surface area contributed by atoms with Gasteiger partial charge in [-0.1, -0.05) is 41.4 Å². The summed E-state index contributed by atoms with van der Waals surface area (Å²) in [7, 11) is 0. The molecule has 1 saturated heterocycles. The number of nitrogens with zero attached hydrogens (tertiary/aromatic N) is 1. The largest absolute Gasteiger partial charge is 0.484 e. The van der Waals surface area contributed by atoms with Crippen molar-refractivity contribution in [2.24, 2.45) is 0 Å². The molecular weight excluding hydrogens is 432 g/mol. The van der Waals surface area contributed by atoms with Gasteiger partial charge in [-0.25, -0.2) is 0 Å². The van der Waals surface area contributed by atoms with Crippen molar-refractivity contribution in [3.8, 4) is 5.75 Å². The number of carbonyl (C=O) groups is 2. The lowest BCUT2D eigenvalue weighted by Crippen LogP contribution is -2.27. The first-order chi connectivity index (χ1) is 15.0. The van der Waals surface area contributed by atoms with E-state index >= 15 is 0 Å². The highest BCUT2D eigenvalue weighted by atomic mass is 35.5. The van der Waals surface area contributed by atoms with Crippen LogP contribution < -0.4 is 15.0 Å². The van der Waals surface area contributed by atoms with Gasteiger partial charge in [0, 0.05) is 16.4 Å². The molecule has 0 aromatic heterocycles. The third-order valence-corrected chi connectivity index (χ3v) is 6.31. The van der Waals surface area contributed by atoms with Crippen LogP contribution in [-0.4, -0.2) is 24.2 Å². The van der Waals surface area contributed by atoms with Crippen molar-refractivity contribution >= 4 is 46.6 Å². The average molecular weight is 453 g/mol. The SMILES string of the molecule is Cc1ccc(C2SCC(=O)N2c2ccc(OCC(=O)Nc3ccc(Cl)cc3)cc2)cc1. The van der Waals surface area contributed by atoms with Crippen molar-refractivity contribution in [2.75, 3.05) is 22.6 Å². The molecule has 31 heavy (non-hydrogen) atoms. The maximum absolute atomic E-state index is 12.5. The summed E-state index contributed by atoms with van der Waals surface area (Å²) in [5.74, 6) is 0.812. The first kappa shape index (κ1) is 21.3. The van der Waals surface area contributed by atoms with Gasteiger partial charge in [0.05, 0.1) is 5.75 Å². The Bertz CT molecular complexity index is 1070. The van der Waals surface area contributed by atoms with Gasteiger partial charge in [0.1, 0.15) is 11.1 Å². The maximum atomic E-state index is 12.5. The summed E-state index contributed by atoms with van der Waals surface area (Å²) < 4.78 is 5.59. The van der Waals surface area contributed by atoms with Gasteiger partial charge >= 0.3 is 0 Å². The van der Waals surface area contributed by atoms with E-state index < -0.39 is 0 Å². The molecule has 0 aliphatic carbocycles. The standard InChI is InChI=1S/C24H21ClN2O3S/c1-16-2-4-17(5-3-16)24-27(23(29)15-31-24)20-10-12-21(13-11-20)30-14-22(28)26-19-8-6-18(25)7-9-19/h2-13,24H,14-15H2,1H3,(H,26,28). The van der Waals surface area contributed by atoms with Gasteiger partial charge in [-0.15, -0.1) is 11.8 Å². The second kappa shape index (κ2) is 9.45. The summed E-state index contributed by atoms with van der Waals surface area (Å²) in [4.78, 5) is 26.4. The summed E-state index contributed by atoms with van der Waals surface area (Å²) in [5, 5.41) is 3.31. The zero-order chi connectivity index (χ0) is 21.8. The van der Waals surface area contributed by atoms with Crippen LogP contribution in [0.3, 0.4) is 0 Å². The number of hydrogen-bond acceptors (Lipinski definition) is 4. The van der Waals surface area contributed by atoms with Gasteiger partial charge < -0.3 is 10.1 Å². The van der Waals surface area contributed by atoms with Gasteiger partial charge in [0.2, 0.25) is 5.91 Å². The normalized spacial score (nSPS) is 15.7. The van der Waals surface area contributed by atoms with Crippen LogP contribution in [-0.2, 0) is 9.59 Å². The second-order valence-electron chi connectivity index (χ2n) is 7.18. The van der Waals surface area contributed by atoms with Gasteiger partial charge in [-0.05, 0) is 61.0 Å². The number of rotatable bonds is 6. The monoisotopic (exact) mass is 452 g/mol. The number of amides is 2. The second-order valence-corrected chi connectivity index (χ2v) is 8.68. The molecule has 7 heteroatoms. The molecule has 1 aliphatic heterocycles. The quantitative estimate of drug-likeness (QED) is 0.540. The third kappa shape index (κ3) is 5.21. The molecule has 2 amide bonds. The molecule has 0 spiro atoms. The number of nitrogens with one attached hydrogen (secondary N) is 1. The molecular formula is C24H21ClN2O3S. The Balaban J connectivity index is 1.38. The first-order valence-corrected chi connectivity index (χ1v) is 11.2. The van der Waals surface area contributed by atoms with Crippen LogP contribution in [0, 0.1) is 6.92 Å². The van der Waals surface area contributed by atoms with Crippen molar-refractivity contribution < 1.29 is 14.3 Å². The van der Waals surface area contributed by atoms with Gasteiger partial charge in [-0.2, -0.15) is 0 Å². The minimum atomic E-state index is -0.267. The summed E-state index contributed by atoms with van der Waals surface area (Å²) in [6, 6.07) is 22.3. The predicted octanol–water partition coefficient (Wildman–Crippen LogP) is 5.44. The third-order valence-electron chi connectivity index (χ3n) is 4.84. The van der Waals surface area contributed by atoms with E-state index in [1.54, 1.807) is 48.2 Å². The lowest BCUT2D eigenvalue weighted by molar-refractivity contribution is -0.118. The summed E-state index contributed by atoms with van der Waals surface area (Å²) in [5.41, 5.74) is 3.74. The first-order valence-electron chi connectivity index (χ1n) is 9.78. The van der Waals surface area contributed by atoms with Crippen molar-refractivity contribution in [3.63, 3.8) is 0 Å². The fraction of sp³-hybridized carbons (Fsp3) is 0.167. The lowest BCUT2D eigenvalue weighted by atomic mass is 10.1. The number of carbonyl (C=O) groups excluding carboxylic acids is 2. The van der Waals surface area contributed by atoms with E-state index in [0.29, 0.717) is 22.2 Å². The Labute approximate surface area is 190 Å². The van der Waals surface area contributed by atoms with Crippen molar-refractivity contribution in [3.05, 3.63) is 88.9 Å². The van der Waals surface area contributed by atoms with E-state index in [4.69, 9.17) is 16.3 Å². The number of hydrogen-bond donors (Lipinski definition) is 1. The number of ether oxygens (including phenoxy) is 1. The molecule has 4 rings (SSSR count). The molecule has 1 heterocycles. The van der Waals surface area contributed by atoms with Gasteiger partial charge in [0.25, 0.3) is 5.91 Å². The predicted molar refractivity (Wildman–Crippen MR) is 126 cm³/mol. The summed E-state index contributed by atoms with van der Waals surface area (Å²) >= 11 is 7.46. The molecule has 1 fully saturated rings. The average Bonchev–Trinajstić information content (AvgIpc) is 3.16. The number of benzene rings is 3. The fourth-order valence-electron chi connectivity index (χ4n) is 3.26. The zero-order valence-corrected chi connectivity index (χ0v) is 18.5. The highest BCUT2D eigenvalue weighted by molar-refractivity contribution is 8.00. The fourth-order valence-corrected chi connectivity index (χ4v) is 4.57. The van der Waals surface area contributed by atoms with Crippen LogP contribution in [0.15, 0.2) is 72.8 Å². The number of thioether (sulfide) groups is 1. The number of anilines is 2. The molecule has 0 radical (unpaired) electrons. The minimum absolute atomic E-state index is 0.0509. The van der Waals surface area contributed by atoms with E-state index in [0.717, 1.165) is 11.3 Å². The van der Waals surface area contributed by atoms with Crippen LogP contribution in [0.1, 0.15) is 16.5 Å². The molecule has 3 aromatic carbocycles. The molecule has 5 nitrogen and oxygen atoms in total. The zero-order valence-electron chi connectivity index (χ0n) is 16.9. The Morgan fingerprint density at radius 2 is 1.74 bits per heavy atom. The Hall–Kier alpha value is -2.96. The molecule has 0 saturated carbocycles. The number of halogens is 1. The van der Waals surface area contributed by atoms with E-state index in [9.17, 15) is 9.59 Å². The molecule has 1 aliphatic rings. The highest BCUT2D eigenvalue weighted by Gasteiger charge is 2.33. The van der Waals surface area contributed by atoms with Crippen LogP contribution in [0.2, 0.25) is 5.02 Å². The van der Waals surface area contributed by atoms with Gasteiger partial charge in [0.15, 0.2) is 6.61 Å². The van der Waals surface area contributed by atoms with E-state index in [-0.39, 0.29) is 23.8 Å². The van der Waals surface area contributed by atoms with E-state index in [2.05, 4.69) is 29.6 Å². The van der Waals surface area contributed by atoms with Crippen LogP contribution >= 0.6 is 23.4 Å². The van der Waals surface area contributed by atoms with Crippen LogP contribution in [0.25, 0.3) is 0 Å². The van der Waals surface area contributed by atoms with Crippen molar-refractivity contribution in [2.45, 2.75) is 12.3 Å². The highest BCUT2D eigenvalue weighted by Crippen LogP contribution is 2.42. The molecule has 1 N–H and O–H groups in total. The van der Waals surface area contributed by atoms with Gasteiger partial charge in [-0.3, -0.25) is 14.5 Å². The lowest BCUT2D eigenvalue weighted by Gasteiger charge is -2.24. The Kier molecular flexibility index (Phi) is 6.49. The maximum Gasteiger partial charge on any atom is 0.262 e. The molecule has 3 aromatic rings. The molecule has 1 unspecified atom stereocenters. The Morgan fingerprint density at radius 1 is 1.06 bits per heavy atom. The minimum Gasteiger partial charge on any atom is -0.484 e. The smallest absolute Gasteiger partial charge is 0.262 e. The van der Waals surface area contributed by atoms with E-state index in [1.807, 2.05) is 24.0 Å². The summed E-state index contributed by atoms with van der Waals surface area (Å²) in [6.45, 7) is 1.93. The van der Waals surface area contributed by atoms with E-state index in [1.165, 1.54) is 5.56 Å². The molecule has 0 bridgehead atoms.